The smallest absolute Gasteiger partial charge is 0.252 e. The molecule has 1 heterocycles. The Balaban J connectivity index is 2.41. The molecule has 5 nitrogen and oxygen atoms in total. The van der Waals surface area contributed by atoms with Gasteiger partial charge in [0.1, 0.15) is 0 Å². The summed E-state index contributed by atoms with van der Waals surface area (Å²) in [5.41, 5.74) is 6.09. The van der Waals surface area contributed by atoms with E-state index in [0.717, 1.165) is 19.3 Å². The predicted octanol–water partition coefficient (Wildman–Crippen LogP) is 0.971. The highest BCUT2D eigenvalue weighted by Crippen LogP contribution is 2.09. The van der Waals surface area contributed by atoms with Gasteiger partial charge in [-0.3, -0.25) is 4.79 Å². The molecule has 1 unspecified atom stereocenters. The molecule has 0 fully saturated rings. The summed E-state index contributed by atoms with van der Waals surface area (Å²) in [5.74, 6) is 0.363. The third kappa shape index (κ3) is 4.91. The van der Waals surface area contributed by atoms with Crippen molar-refractivity contribution in [3.05, 3.63) is 24.0 Å². The fourth-order valence-electron chi connectivity index (χ4n) is 1.76. The van der Waals surface area contributed by atoms with Crippen LogP contribution in [0.1, 0.15) is 36.5 Å². The molecule has 0 bridgehead atoms. The molecule has 0 aliphatic rings. The number of amides is 1. The Morgan fingerprint density at radius 1 is 1.47 bits per heavy atom. The quantitative estimate of drug-likeness (QED) is 0.739. The maximum Gasteiger partial charge on any atom is 0.252 e. The molecule has 0 spiro atoms. The zero-order valence-electron chi connectivity index (χ0n) is 10.2. The number of hydrogen-bond donors (Lipinski definition) is 2. The van der Waals surface area contributed by atoms with E-state index in [9.17, 15) is 4.79 Å². The van der Waals surface area contributed by atoms with Crippen LogP contribution in [0.2, 0.25) is 0 Å². The molecule has 1 atom stereocenters. The van der Waals surface area contributed by atoms with E-state index in [2.05, 4.69) is 22.4 Å². The van der Waals surface area contributed by atoms with Crippen molar-refractivity contribution in [3.63, 3.8) is 0 Å². The lowest BCUT2D eigenvalue weighted by Crippen LogP contribution is -2.30. The van der Waals surface area contributed by atoms with E-state index < -0.39 is 0 Å². The van der Waals surface area contributed by atoms with E-state index in [1.807, 2.05) is 0 Å². The van der Waals surface area contributed by atoms with Gasteiger partial charge in [0.15, 0.2) is 0 Å². The number of rotatable bonds is 7. The van der Waals surface area contributed by atoms with Crippen LogP contribution in [0.3, 0.4) is 0 Å². The molecule has 5 heteroatoms. The summed E-state index contributed by atoms with van der Waals surface area (Å²) in [6.45, 7) is 3.47. The molecule has 1 aromatic rings. The zero-order valence-corrected chi connectivity index (χ0v) is 10.2. The van der Waals surface area contributed by atoms with Gasteiger partial charge in [0, 0.05) is 6.54 Å². The van der Waals surface area contributed by atoms with Crippen LogP contribution in [0.5, 0.6) is 0 Å². The molecule has 1 aromatic heterocycles. The lowest BCUT2D eigenvalue weighted by molar-refractivity contribution is 0.0945. The Morgan fingerprint density at radius 2 is 2.29 bits per heavy atom. The topological polar surface area (TPSA) is 80.9 Å². The Hall–Kier alpha value is -1.49. The van der Waals surface area contributed by atoms with Crippen molar-refractivity contribution < 1.29 is 4.79 Å². The van der Waals surface area contributed by atoms with Gasteiger partial charge in [-0.1, -0.05) is 13.3 Å². The van der Waals surface area contributed by atoms with Crippen LogP contribution in [0.15, 0.2) is 18.5 Å². The monoisotopic (exact) mass is 236 g/mol. The maximum atomic E-state index is 11.7. The minimum atomic E-state index is -0.0991. The first kappa shape index (κ1) is 13.6. The summed E-state index contributed by atoms with van der Waals surface area (Å²) in [6.07, 6.45) is 6.12. The van der Waals surface area contributed by atoms with Crippen LogP contribution in [0.4, 0.5) is 0 Å². The molecule has 94 valence electrons. The van der Waals surface area contributed by atoms with E-state index >= 15 is 0 Å². The third-order valence-corrected chi connectivity index (χ3v) is 2.67. The molecule has 0 aliphatic heterocycles. The van der Waals surface area contributed by atoms with Crippen LogP contribution < -0.4 is 11.1 Å². The largest absolute Gasteiger partial charge is 0.352 e. The van der Waals surface area contributed by atoms with Crippen molar-refractivity contribution in [3.8, 4) is 0 Å². The predicted molar refractivity (Wildman–Crippen MR) is 66.4 cm³/mol. The van der Waals surface area contributed by atoms with E-state index in [0.29, 0.717) is 24.6 Å². The number of hydrogen-bond acceptors (Lipinski definition) is 4. The SMILES string of the molecule is CCCC(CCN)CNC(=O)c1ccnnc1. The number of carbonyl (C=O) groups excluding carboxylic acids is 1. The molecule has 0 radical (unpaired) electrons. The summed E-state index contributed by atoms with van der Waals surface area (Å²) >= 11 is 0. The first-order valence-corrected chi connectivity index (χ1v) is 6.02. The van der Waals surface area contributed by atoms with Gasteiger partial charge in [-0.15, -0.1) is 0 Å². The minimum absolute atomic E-state index is 0.0991. The second-order valence-corrected chi connectivity index (χ2v) is 4.07. The zero-order chi connectivity index (χ0) is 12.5. The van der Waals surface area contributed by atoms with Crippen molar-refractivity contribution in [2.45, 2.75) is 26.2 Å². The van der Waals surface area contributed by atoms with E-state index in [1.165, 1.54) is 12.4 Å². The molecule has 1 rings (SSSR count). The van der Waals surface area contributed by atoms with Crippen LogP contribution in [-0.2, 0) is 0 Å². The van der Waals surface area contributed by atoms with Crippen molar-refractivity contribution in [1.29, 1.82) is 0 Å². The lowest BCUT2D eigenvalue weighted by atomic mass is 10.00. The summed E-state index contributed by atoms with van der Waals surface area (Å²) in [5, 5.41) is 10.2. The van der Waals surface area contributed by atoms with E-state index in [4.69, 9.17) is 5.73 Å². The van der Waals surface area contributed by atoms with Crippen molar-refractivity contribution in [1.82, 2.24) is 15.5 Å². The van der Waals surface area contributed by atoms with Gasteiger partial charge in [-0.25, -0.2) is 0 Å². The molecular weight excluding hydrogens is 216 g/mol. The summed E-state index contributed by atoms with van der Waals surface area (Å²) in [4.78, 5) is 11.7. The highest BCUT2D eigenvalue weighted by Gasteiger charge is 2.10. The molecular formula is C12H20N4O. The average molecular weight is 236 g/mol. The van der Waals surface area contributed by atoms with Gasteiger partial charge in [0.05, 0.1) is 18.0 Å². The number of nitrogens with two attached hydrogens (primary N) is 1. The second kappa shape index (κ2) is 7.73. The number of carbonyl (C=O) groups is 1. The maximum absolute atomic E-state index is 11.7. The van der Waals surface area contributed by atoms with E-state index in [-0.39, 0.29) is 5.91 Å². The van der Waals surface area contributed by atoms with Gasteiger partial charge in [0.2, 0.25) is 0 Å². The van der Waals surface area contributed by atoms with Crippen LogP contribution in [0, 0.1) is 5.92 Å². The average Bonchev–Trinajstić information content (AvgIpc) is 2.37. The Morgan fingerprint density at radius 3 is 2.88 bits per heavy atom. The fourth-order valence-corrected chi connectivity index (χ4v) is 1.76. The number of nitrogens with one attached hydrogen (secondary N) is 1. The van der Waals surface area contributed by atoms with Crippen LogP contribution in [0.25, 0.3) is 0 Å². The number of aromatic nitrogens is 2. The highest BCUT2D eigenvalue weighted by atomic mass is 16.1. The molecule has 0 aromatic carbocycles. The molecule has 0 saturated heterocycles. The molecule has 0 aliphatic carbocycles. The van der Waals surface area contributed by atoms with Gasteiger partial charge >= 0.3 is 0 Å². The third-order valence-electron chi connectivity index (χ3n) is 2.67. The lowest BCUT2D eigenvalue weighted by Gasteiger charge is -2.15. The summed E-state index contributed by atoms with van der Waals surface area (Å²) < 4.78 is 0. The minimum Gasteiger partial charge on any atom is -0.352 e. The van der Waals surface area contributed by atoms with Crippen LogP contribution >= 0.6 is 0 Å². The Kier molecular flexibility index (Phi) is 6.17. The summed E-state index contributed by atoms with van der Waals surface area (Å²) in [7, 11) is 0. The normalized spacial score (nSPS) is 12.1. The molecule has 1 amide bonds. The Bertz CT molecular complexity index is 323. The van der Waals surface area contributed by atoms with Crippen molar-refractivity contribution in [2.24, 2.45) is 11.7 Å². The highest BCUT2D eigenvalue weighted by molar-refractivity contribution is 5.93. The van der Waals surface area contributed by atoms with Crippen LogP contribution in [-0.4, -0.2) is 29.2 Å². The van der Waals surface area contributed by atoms with Gasteiger partial charge < -0.3 is 11.1 Å². The first-order valence-electron chi connectivity index (χ1n) is 6.02. The van der Waals surface area contributed by atoms with Gasteiger partial charge in [0.25, 0.3) is 5.91 Å². The molecule has 3 N–H and O–H groups in total. The number of nitrogens with zero attached hydrogens (tertiary/aromatic N) is 2. The fraction of sp³-hybridized carbons (Fsp3) is 0.583. The molecule has 0 saturated carbocycles. The summed E-state index contributed by atoms with van der Waals surface area (Å²) in [6, 6.07) is 1.65. The van der Waals surface area contributed by atoms with Crippen molar-refractivity contribution >= 4 is 5.91 Å². The second-order valence-electron chi connectivity index (χ2n) is 4.07. The van der Waals surface area contributed by atoms with Gasteiger partial charge in [-0.2, -0.15) is 10.2 Å². The standard InChI is InChI=1S/C12H20N4O/c1-2-3-10(4-6-13)8-14-12(17)11-5-7-15-16-9-11/h5,7,9-10H,2-4,6,8,13H2,1H3,(H,14,17). The first-order chi connectivity index (χ1) is 8.27. The molecule has 17 heavy (non-hydrogen) atoms. The van der Waals surface area contributed by atoms with Crippen molar-refractivity contribution in [2.75, 3.05) is 13.1 Å². The van der Waals surface area contributed by atoms with Gasteiger partial charge in [-0.05, 0) is 31.4 Å². The Labute approximate surface area is 102 Å². The van der Waals surface area contributed by atoms with E-state index in [1.54, 1.807) is 6.07 Å².